The van der Waals surface area contributed by atoms with Crippen molar-refractivity contribution in [1.29, 1.82) is 0 Å². The number of aliphatic hydroxyl groups excluding tert-OH is 1. The van der Waals surface area contributed by atoms with E-state index in [1.807, 2.05) is 7.05 Å². The zero-order chi connectivity index (χ0) is 9.84. The Labute approximate surface area is 80.6 Å². The molecule has 0 aliphatic heterocycles. The minimum absolute atomic E-state index is 0.226. The molecule has 1 N–H and O–H groups in total. The van der Waals surface area contributed by atoms with Gasteiger partial charge in [-0.2, -0.15) is 0 Å². The van der Waals surface area contributed by atoms with Crippen molar-refractivity contribution in [2.75, 3.05) is 20.2 Å². The van der Waals surface area contributed by atoms with Crippen molar-refractivity contribution in [3.8, 4) is 0 Å². The van der Waals surface area contributed by atoms with Crippen molar-refractivity contribution < 1.29 is 5.11 Å². The summed E-state index contributed by atoms with van der Waals surface area (Å²) >= 11 is 0. The number of rotatable bonds is 3. The lowest BCUT2D eigenvalue weighted by Crippen LogP contribution is -2.26. The molecule has 1 unspecified atom stereocenters. The van der Waals surface area contributed by atoms with Crippen molar-refractivity contribution in [3.05, 3.63) is 23.4 Å². The number of aliphatic hydroxyl groups is 1. The highest BCUT2D eigenvalue weighted by molar-refractivity contribution is 5.27. The molecule has 0 amide bonds. The molecule has 1 aliphatic rings. The molecule has 0 aromatic rings. The maximum absolute atomic E-state index is 8.84. The number of hydrogen-bond acceptors (Lipinski definition) is 2. The Kier molecular flexibility index (Phi) is 3.55. The van der Waals surface area contributed by atoms with E-state index in [0.717, 1.165) is 13.0 Å². The molecule has 0 saturated carbocycles. The Bertz CT molecular complexity index is 230. The first-order valence-electron chi connectivity index (χ1n) is 4.85. The Hall–Kier alpha value is -0.760. The normalized spacial score (nSPS) is 22.3. The Morgan fingerprint density at radius 3 is 2.92 bits per heavy atom. The van der Waals surface area contributed by atoms with Crippen LogP contribution in [0.15, 0.2) is 23.4 Å². The van der Waals surface area contributed by atoms with Gasteiger partial charge < -0.3 is 10.0 Å². The maximum Gasteiger partial charge on any atom is 0.0606 e. The zero-order valence-electron chi connectivity index (χ0n) is 8.75. The molecular weight excluding hydrogens is 162 g/mol. The highest BCUT2D eigenvalue weighted by Gasteiger charge is 2.14. The Morgan fingerprint density at radius 2 is 2.31 bits per heavy atom. The summed E-state index contributed by atoms with van der Waals surface area (Å²) < 4.78 is 0. The number of hydrogen-bond donors (Lipinski definition) is 1. The molecule has 2 heteroatoms. The number of likely N-dealkylation sites (N-methyl/N-ethyl adjacent to an activating group) is 1. The second-order valence-electron chi connectivity index (χ2n) is 3.80. The van der Waals surface area contributed by atoms with Gasteiger partial charge in [-0.1, -0.05) is 18.6 Å². The molecule has 74 valence electrons. The molecule has 0 saturated heterocycles. The fraction of sp³-hybridized carbons (Fsp3) is 0.636. The van der Waals surface area contributed by atoms with E-state index in [1.165, 1.54) is 11.3 Å². The molecule has 2 nitrogen and oxygen atoms in total. The third-order valence-electron chi connectivity index (χ3n) is 2.55. The molecule has 0 heterocycles. The first-order chi connectivity index (χ1) is 6.15. The van der Waals surface area contributed by atoms with Crippen LogP contribution in [0, 0.1) is 5.92 Å². The monoisotopic (exact) mass is 181 g/mol. The summed E-state index contributed by atoms with van der Waals surface area (Å²) in [6, 6.07) is 0. The molecule has 0 bridgehead atoms. The fourth-order valence-corrected chi connectivity index (χ4v) is 1.68. The van der Waals surface area contributed by atoms with Crippen LogP contribution in [0.2, 0.25) is 0 Å². The lowest BCUT2D eigenvalue weighted by atomic mass is 9.94. The van der Waals surface area contributed by atoms with Crippen LogP contribution < -0.4 is 0 Å². The molecule has 1 atom stereocenters. The maximum atomic E-state index is 8.84. The van der Waals surface area contributed by atoms with Crippen LogP contribution in [0.5, 0.6) is 0 Å². The SMILES string of the molecule is CC1=CCC(C)C(N(C)CCO)=C1. The van der Waals surface area contributed by atoms with E-state index in [-0.39, 0.29) is 6.61 Å². The topological polar surface area (TPSA) is 23.5 Å². The summed E-state index contributed by atoms with van der Waals surface area (Å²) in [6.45, 7) is 5.30. The van der Waals surface area contributed by atoms with Gasteiger partial charge in [0.2, 0.25) is 0 Å². The Morgan fingerprint density at radius 1 is 1.62 bits per heavy atom. The van der Waals surface area contributed by atoms with E-state index in [9.17, 15) is 0 Å². The summed E-state index contributed by atoms with van der Waals surface area (Å²) in [5.41, 5.74) is 2.67. The highest BCUT2D eigenvalue weighted by atomic mass is 16.3. The molecule has 1 rings (SSSR count). The summed E-state index contributed by atoms with van der Waals surface area (Å²) in [5.74, 6) is 0.584. The quantitative estimate of drug-likeness (QED) is 0.717. The van der Waals surface area contributed by atoms with Crippen molar-refractivity contribution in [2.45, 2.75) is 20.3 Å². The zero-order valence-corrected chi connectivity index (χ0v) is 8.75. The van der Waals surface area contributed by atoms with Crippen LogP contribution in [0.1, 0.15) is 20.3 Å². The summed E-state index contributed by atoms with van der Waals surface area (Å²) in [4.78, 5) is 2.14. The van der Waals surface area contributed by atoms with Gasteiger partial charge >= 0.3 is 0 Å². The lowest BCUT2D eigenvalue weighted by molar-refractivity contribution is 0.235. The van der Waals surface area contributed by atoms with Crippen LogP contribution in [-0.4, -0.2) is 30.2 Å². The highest BCUT2D eigenvalue weighted by Crippen LogP contribution is 2.24. The third-order valence-corrected chi connectivity index (χ3v) is 2.55. The first kappa shape index (κ1) is 10.3. The summed E-state index contributed by atoms with van der Waals surface area (Å²) in [6.07, 6.45) is 5.60. The lowest BCUT2D eigenvalue weighted by Gasteiger charge is -2.28. The second kappa shape index (κ2) is 4.47. The fourth-order valence-electron chi connectivity index (χ4n) is 1.68. The number of nitrogens with zero attached hydrogens (tertiary/aromatic N) is 1. The van der Waals surface area contributed by atoms with Gasteiger partial charge in [0.15, 0.2) is 0 Å². The van der Waals surface area contributed by atoms with Crippen LogP contribution in [0.25, 0.3) is 0 Å². The van der Waals surface area contributed by atoms with E-state index in [1.54, 1.807) is 0 Å². The standard InChI is InChI=1S/C11H19NO/c1-9-4-5-10(2)11(8-9)12(3)6-7-13/h4,8,10,13H,5-7H2,1-3H3. The van der Waals surface area contributed by atoms with Crippen molar-refractivity contribution in [1.82, 2.24) is 4.90 Å². The average molecular weight is 181 g/mol. The predicted octanol–water partition coefficient (Wildman–Crippen LogP) is 1.78. The molecule has 0 aromatic heterocycles. The molecule has 0 radical (unpaired) electrons. The van der Waals surface area contributed by atoms with Crippen LogP contribution >= 0.6 is 0 Å². The molecule has 1 aliphatic carbocycles. The van der Waals surface area contributed by atoms with Crippen LogP contribution in [0.3, 0.4) is 0 Å². The van der Waals surface area contributed by atoms with Gasteiger partial charge in [-0.05, 0) is 25.3 Å². The van der Waals surface area contributed by atoms with E-state index < -0.39 is 0 Å². The van der Waals surface area contributed by atoms with Gasteiger partial charge in [-0.15, -0.1) is 0 Å². The number of allylic oxidation sites excluding steroid dienone is 4. The predicted molar refractivity (Wildman–Crippen MR) is 55.3 cm³/mol. The third kappa shape index (κ3) is 2.59. The van der Waals surface area contributed by atoms with Gasteiger partial charge in [-0.25, -0.2) is 0 Å². The van der Waals surface area contributed by atoms with Crippen molar-refractivity contribution >= 4 is 0 Å². The van der Waals surface area contributed by atoms with Gasteiger partial charge in [0.05, 0.1) is 6.61 Å². The smallest absolute Gasteiger partial charge is 0.0606 e. The summed E-state index contributed by atoms with van der Waals surface area (Å²) in [5, 5.41) is 8.84. The van der Waals surface area contributed by atoms with E-state index in [2.05, 4.69) is 30.9 Å². The molecule has 13 heavy (non-hydrogen) atoms. The summed E-state index contributed by atoms with van der Waals surface area (Å²) in [7, 11) is 2.04. The van der Waals surface area contributed by atoms with E-state index in [0.29, 0.717) is 5.92 Å². The molecule has 0 fully saturated rings. The average Bonchev–Trinajstić information content (AvgIpc) is 2.09. The largest absolute Gasteiger partial charge is 0.395 e. The van der Waals surface area contributed by atoms with Gasteiger partial charge in [0.1, 0.15) is 0 Å². The van der Waals surface area contributed by atoms with Crippen LogP contribution in [0.4, 0.5) is 0 Å². The van der Waals surface area contributed by atoms with Crippen LogP contribution in [-0.2, 0) is 0 Å². The molecular formula is C11H19NO. The van der Waals surface area contributed by atoms with E-state index in [4.69, 9.17) is 5.11 Å². The van der Waals surface area contributed by atoms with Gasteiger partial charge in [0.25, 0.3) is 0 Å². The van der Waals surface area contributed by atoms with Gasteiger partial charge in [0, 0.05) is 19.3 Å². The minimum Gasteiger partial charge on any atom is -0.395 e. The minimum atomic E-state index is 0.226. The molecule has 0 spiro atoms. The first-order valence-corrected chi connectivity index (χ1v) is 4.85. The molecule has 0 aromatic carbocycles. The Balaban J connectivity index is 2.70. The van der Waals surface area contributed by atoms with Crippen molar-refractivity contribution in [3.63, 3.8) is 0 Å². The van der Waals surface area contributed by atoms with E-state index >= 15 is 0 Å². The van der Waals surface area contributed by atoms with Crippen molar-refractivity contribution in [2.24, 2.45) is 5.92 Å². The second-order valence-corrected chi connectivity index (χ2v) is 3.80. The van der Waals surface area contributed by atoms with Gasteiger partial charge in [-0.3, -0.25) is 0 Å².